The van der Waals surface area contributed by atoms with Gasteiger partial charge in [-0.25, -0.2) is 0 Å². The lowest BCUT2D eigenvalue weighted by Crippen LogP contribution is -2.52. The van der Waals surface area contributed by atoms with Gasteiger partial charge in [0, 0.05) is 45.3 Å². The van der Waals surface area contributed by atoms with Gasteiger partial charge < -0.3 is 10.2 Å². The monoisotopic (exact) mass is 370 g/mol. The Morgan fingerprint density at radius 2 is 1.63 bits per heavy atom. The molecule has 1 atom stereocenters. The maximum Gasteiger partial charge on any atom is 0.243 e. The molecule has 1 unspecified atom stereocenters. The Morgan fingerprint density at radius 3 is 2.33 bits per heavy atom. The predicted octanol–water partition coefficient (Wildman–Crippen LogP) is 1.07. The van der Waals surface area contributed by atoms with E-state index < -0.39 is 0 Å². The summed E-state index contributed by atoms with van der Waals surface area (Å²) in [5.74, 6) is 0.163. The number of nitrogens with one attached hydrogen (secondary N) is 1. The third kappa shape index (κ3) is 4.87. The maximum absolute atomic E-state index is 12.8. The number of amides is 2. The second-order valence-electron chi connectivity index (χ2n) is 8.07. The fraction of sp³-hybridized carbons (Fsp3) is 0.619. The molecular formula is C21H30N4O2. The van der Waals surface area contributed by atoms with E-state index in [1.165, 1.54) is 5.56 Å². The summed E-state index contributed by atoms with van der Waals surface area (Å²) in [5.41, 5.74) is 1.34. The molecule has 2 amide bonds. The van der Waals surface area contributed by atoms with Crippen molar-refractivity contribution >= 4 is 11.8 Å². The van der Waals surface area contributed by atoms with Gasteiger partial charge in [0.05, 0.1) is 6.54 Å². The van der Waals surface area contributed by atoms with Crippen molar-refractivity contribution in [2.45, 2.75) is 44.3 Å². The predicted molar refractivity (Wildman–Crippen MR) is 104 cm³/mol. The average Bonchev–Trinajstić information content (AvgIpc) is 3.35. The van der Waals surface area contributed by atoms with Crippen LogP contribution >= 0.6 is 0 Å². The van der Waals surface area contributed by atoms with Gasteiger partial charge in [-0.2, -0.15) is 0 Å². The Bertz CT molecular complexity index is 653. The fourth-order valence-electron chi connectivity index (χ4n) is 4.09. The van der Waals surface area contributed by atoms with Crippen molar-refractivity contribution in [2.24, 2.45) is 0 Å². The standard InChI is InChI=1S/C21H30N4O2/c26-20(25-10-4-7-19(25)21(27)22-18-8-9-18)16-24-13-11-23(12-14-24)15-17-5-2-1-3-6-17/h1-3,5-6,18-19H,4,7-16H2,(H,22,27). The van der Waals surface area contributed by atoms with Crippen molar-refractivity contribution in [1.29, 1.82) is 0 Å². The van der Waals surface area contributed by atoms with Crippen LogP contribution in [0.2, 0.25) is 0 Å². The highest BCUT2D eigenvalue weighted by Gasteiger charge is 2.36. The topological polar surface area (TPSA) is 55.9 Å². The molecule has 146 valence electrons. The lowest BCUT2D eigenvalue weighted by atomic mass is 10.2. The lowest BCUT2D eigenvalue weighted by molar-refractivity contribution is -0.139. The van der Waals surface area contributed by atoms with Crippen LogP contribution in [-0.4, -0.2) is 77.9 Å². The van der Waals surface area contributed by atoms with Crippen molar-refractivity contribution in [3.8, 4) is 0 Å². The van der Waals surface area contributed by atoms with Gasteiger partial charge in [-0.1, -0.05) is 30.3 Å². The van der Waals surface area contributed by atoms with Crippen LogP contribution in [0.4, 0.5) is 0 Å². The lowest BCUT2D eigenvalue weighted by Gasteiger charge is -2.35. The zero-order valence-electron chi connectivity index (χ0n) is 16.0. The largest absolute Gasteiger partial charge is 0.352 e. The minimum atomic E-state index is -0.252. The van der Waals surface area contributed by atoms with Gasteiger partial charge >= 0.3 is 0 Å². The highest BCUT2D eigenvalue weighted by Crippen LogP contribution is 2.22. The molecule has 0 aromatic heterocycles. The Morgan fingerprint density at radius 1 is 0.926 bits per heavy atom. The first-order valence-electron chi connectivity index (χ1n) is 10.3. The molecule has 4 rings (SSSR count). The number of rotatable bonds is 6. The highest BCUT2D eigenvalue weighted by atomic mass is 16.2. The number of carbonyl (C=O) groups excluding carboxylic acids is 2. The number of hydrogen-bond acceptors (Lipinski definition) is 4. The van der Waals surface area contributed by atoms with Gasteiger partial charge in [-0.15, -0.1) is 0 Å². The van der Waals surface area contributed by atoms with Crippen LogP contribution < -0.4 is 5.32 Å². The van der Waals surface area contributed by atoms with E-state index in [0.717, 1.165) is 65.0 Å². The molecule has 0 radical (unpaired) electrons. The van der Waals surface area contributed by atoms with Gasteiger partial charge in [0.15, 0.2) is 0 Å². The van der Waals surface area contributed by atoms with Crippen molar-refractivity contribution < 1.29 is 9.59 Å². The number of piperazine rings is 1. The van der Waals surface area contributed by atoms with E-state index in [1.54, 1.807) is 0 Å². The Balaban J connectivity index is 1.23. The first-order valence-corrected chi connectivity index (χ1v) is 10.3. The molecule has 1 aliphatic carbocycles. The molecule has 2 aliphatic heterocycles. The second-order valence-corrected chi connectivity index (χ2v) is 8.07. The molecule has 1 saturated carbocycles. The van der Waals surface area contributed by atoms with Crippen molar-refractivity contribution in [3.63, 3.8) is 0 Å². The number of benzene rings is 1. The first-order chi connectivity index (χ1) is 13.2. The van der Waals surface area contributed by atoms with Crippen LogP contribution in [0, 0.1) is 0 Å². The molecule has 27 heavy (non-hydrogen) atoms. The normalized spacial score (nSPS) is 24.1. The third-order valence-corrected chi connectivity index (χ3v) is 5.87. The smallest absolute Gasteiger partial charge is 0.243 e. The number of likely N-dealkylation sites (tertiary alicyclic amines) is 1. The third-order valence-electron chi connectivity index (χ3n) is 5.87. The van der Waals surface area contributed by atoms with Crippen LogP contribution in [0.1, 0.15) is 31.2 Å². The van der Waals surface area contributed by atoms with Crippen LogP contribution in [0.3, 0.4) is 0 Å². The Hall–Kier alpha value is -1.92. The van der Waals surface area contributed by atoms with E-state index in [4.69, 9.17) is 0 Å². The number of nitrogens with zero attached hydrogens (tertiary/aromatic N) is 3. The summed E-state index contributed by atoms with van der Waals surface area (Å²) in [5, 5.41) is 3.06. The van der Waals surface area contributed by atoms with Crippen LogP contribution in [0.5, 0.6) is 0 Å². The number of hydrogen-bond donors (Lipinski definition) is 1. The summed E-state index contributed by atoms with van der Waals surface area (Å²) in [6, 6.07) is 10.6. The van der Waals surface area contributed by atoms with E-state index in [2.05, 4.69) is 39.4 Å². The van der Waals surface area contributed by atoms with E-state index in [1.807, 2.05) is 11.0 Å². The van der Waals surface area contributed by atoms with Crippen LogP contribution in [-0.2, 0) is 16.1 Å². The molecule has 3 aliphatic rings. The number of carbonyl (C=O) groups is 2. The Kier molecular flexibility index (Phi) is 5.74. The molecule has 1 aromatic rings. The van der Waals surface area contributed by atoms with E-state index in [9.17, 15) is 9.59 Å². The average molecular weight is 370 g/mol. The summed E-state index contributed by atoms with van der Waals surface area (Å²) in [7, 11) is 0. The van der Waals surface area contributed by atoms with Crippen LogP contribution in [0.15, 0.2) is 30.3 Å². The van der Waals surface area contributed by atoms with Gasteiger partial charge in [0.1, 0.15) is 6.04 Å². The molecular weight excluding hydrogens is 340 g/mol. The van der Waals surface area contributed by atoms with Gasteiger partial charge in [0.25, 0.3) is 0 Å². The summed E-state index contributed by atoms with van der Waals surface area (Å²) in [4.78, 5) is 31.7. The zero-order chi connectivity index (χ0) is 18.6. The molecule has 2 saturated heterocycles. The molecule has 0 bridgehead atoms. The minimum Gasteiger partial charge on any atom is -0.352 e. The van der Waals surface area contributed by atoms with Crippen LogP contribution in [0.25, 0.3) is 0 Å². The summed E-state index contributed by atoms with van der Waals surface area (Å²) in [6.07, 6.45) is 3.90. The minimum absolute atomic E-state index is 0.0519. The molecule has 6 nitrogen and oxygen atoms in total. The molecule has 0 spiro atoms. The van der Waals surface area contributed by atoms with Gasteiger partial charge in [0.2, 0.25) is 11.8 Å². The molecule has 1 N–H and O–H groups in total. The molecule has 3 fully saturated rings. The van der Waals surface area contributed by atoms with Gasteiger partial charge in [-0.3, -0.25) is 19.4 Å². The van der Waals surface area contributed by atoms with E-state index in [0.29, 0.717) is 12.6 Å². The fourth-order valence-corrected chi connectivity index (χ4v) is 4.09. The molecule has 6 heteroatoms. The summed E-state index contributed by atoms with van der Waals surface area (Å²) in [6.45, 7) is 5.90. The molecule has 2 heterocycles. The maximum atomic E-state index is 12.8. The van der Waals surface area contributed by atoms with Crippen molar-refractivity contribution in [1.82, 2.24) is 20.0 Å². The second kappa shape index (κ2) is 8.40. The van der Waals surface area contributed by atoms with Crippen molar-refractivity contribution in [3.05, 3.63) is 35.9 Å². The molecule has 1 aromatic carbocycles. The van der Waals surface area contributed by atoms with E-state index >= 15 is 0 Å². The Labute approximate surface area is 161 Å². The first kappa shape index (κ1) is 18.4. The van der Waals surface area contributed by atoms with Crippen molar-refractivity contribution in [2.75, 3.05) is 39.3 Å². The van der Waals surface area contributed by atoms with Gasteiger partial charge in [-0.05, 0) is 31.2 Å². The highest BCUT2D eigenvalue weighted by molar-refractivity contribution is 5.89. The quantitative estimate of drug-likeness (QED) is 0.814. The summed E-state index contributed by atoms with van der Waals surface area (Å²) < 4.78 is 0. The zero-order valence-corrected chi connectivity index (χ0v) is 16.0. The summed E-state index contributed by atoms with van der Waals surface area (Å²) >= 11 is 0. The SMILES string of the molecule is O=C(NC1CC1)C1CCCN1C(=O)CN1CCN(Cc2ccccc2)CC1. The van der Waals surface area contributed by atoms with E-state index in [-0.39, 0.29) is 17.9 Å².